The van der Waals surface area contributed by atoms with Gasteiger partial charge in [-0.3, -0.25) is 9.59 Å². The van der Waals surface area contributed by atoms with E-state index >= 15 is 0 Å². The van der Waals surface area contributed by atoms with Crippen molar-refractivity contribution in [2.45, 2.75) is 39.3 Å². The summed E-state index contributed by atoms with van der Waals surface area (Å²) in [5, 5.41) is 5.15. The van der Waals surface area contributed by atoms with Crippen molar-refractivity contribution in [2.24, 2.45) is 5.92 Å². The molecule has 0 fully saturated rings. The van der Waals surface area contributed by atoms with E-state index in [0.717, 1.165) is 16.0 Å². The van der Waals surface area contributed by atoms with E-state index in [1.807, 2.05) is 65.7 Å². The van der Waals surface area contributed by atoms with E-state index < -0.39 is 5.92 Å². The zero-order valence-corrected chi connectivity index (χ0v) is 19.0. The van der Waals surface area contributed by atoms with E-state index in [1.54, 1.807) is 11.3 Å². The molecule has 0 spiro atoms. The minimum atomic E-state index is -0.447. The molecule has 1 aliphatic rings. The molecule has 5 heteroatoms. The Bertz CT molecular complexity index is 1060. The molecule has 2 unspecified atom stereocenters. The number of hydrogen-bond acceptors (Lipinski definition) is 3. The Hall–Kier alpha value is -2.92. The first kappa shape index (κ1) is 21.3. The van der Waals surface area contributed by atoms with Gasteiger partial charge in [0, 0.05) is 23.5 Å². The lowest BCUT2D eigenvalue weighted by Gasteiger charge is -2.42. The van der Waals surface area contributed by atoms with Crippen LogP contribution in [-0.4, -0.2) is 23.3 Å². The van der Waals surface area contributed by atoms with E-state index in [-0.39, 0.29) is 17.9 Å². The predicted octanol–water partition coefficient (Wildman–Crippen LogP) is 5.31. The maximum Gasteiger partial charge on any atom is 0.254 e. The van der Waals surface area contributed by atoms with Gasteiger partial charge in [-0.2, -0.15) is 0 Å². The quantitative estimate of drug-likeness (QED) is 0.574. The number of rotatable bonds is 6. The molecule has 1 aromatic heterocycles. The second-order valence-corrected chi connectivity index (χ2v) is 9.56. The third kappa shape index (κ3) is 4.42. The lowest BCUT2D eigenvalue weighted by atomic mass is 9.81. The molecule has 1 N–H and O–H groups in total. The molecule has 0 saturated heterocycles. The number of nitrogens with one attached hydrogen (secondary N) is 1. The third-order valence-corrected chi connectivity index (χ3v) is 6.65. The van der Waals surface area contributed by atoms with Crippen LogP contribution in [0.1, 0.15) is 57.7 Å². The second-order valence-electron chi connectivity index (χ2n) is 8.58. The molecular formula is C26H28N2O2S. The molecule has 160 valence electrons. The van der Waals surface area contributed by atoms with Gasteiger partial charge in [-0.15, -0.1) is 11.3 Å². The Morgan fingerprint density at radius 3 is 2.48 bits per heavy atom. The van der Waals surface area contributed by atoms with Gasteiger partial charge < -0.3 is 10.2 Å². The van der Waals surface area contributed by atoms with E-state index in [4.69, 9.17) is 0 Å². The molecule has 0 aliphatic carbocycles. The van der Waals surface area contributed by atoms with Crippen LogP contribution in [0.3, 0.4) is 0 Å². The first-order valence-corrected chi connectivity index (χ1v) is 11.6. The Balaban J connectivity index is 1.72. The Morgan fingerprint density at radius 2 is 1.81 bits per heavy atom. The molecule has 2 heterocycles. The number of nitrogens with zero attached hydrogens (tertiary/aromatic N) is 1. The predicted molar refractivity (Wildman–Crippen MR) is 125 cm³/mol. The summed E-state index contributed by atoms with van der Waals surface area (Å²) in [6.45, 7) is 7.33. The number of fused-ring (bicyclic) bond motifs is 1. The average molecular weight is 433 g/mol. The van der Waals surface area contributed by atoms with Crippen LogP contribution in [0.15, 0.2) is 66.0 Å². The molecule has 0 saturated carbocycles. The third-order valence-electron chi connectivity index (χ3n) is 5.70. The van der Waals surface area contributed by atoms with E-state index in [0.29, 0.717) is 24.6 Å². The van der Waals surface area contributed by atoms with Crippen molar-refractivity contribution in [1.82, 2.24) is 10.2 Å². The molecular weight excluding hydrogens is 404 g/mol. The van der Waals surface area contributed by atoms with Crippen molar-refractivity contribution >= 4 is 23.2 Å². The number of carbonyl (C=O) groups is 2. The Labute approximate surface area is 187 Å². The fraction of sp³-hybridized carbons (Fsp3) is 0.308. The van der Waals surface area contributed by atoms with Crippen LogP contribution in [0.4, 0.5) is 0 Å². The highest BCUT2D eigenvalue weighted by atomic mass is 32.1. The van der Waals surface area contributed by atoms with E-state index in [2.05, 4.69) is 31.3 Å². The smallest absolute Gasteiger partial charge is 0.254 e. The fourth-order valence-corrected chi connectivity index (χ4v) is 5.13. The SMILES string of the molecule is Cc1ccc(CNC(=O)C2c3ccccc3C(=O)N(CC(C)C)C2c2cccs2)cc1. The minimum absolute atomic E-state index is 0.00489. The maximum atomic E-state index is 13.6. The maximum absolute atomic E-state index is 13.6. The van der Waals surface area contributed by atoms with Crippen LogP contribution in [0.2, 0.25) is 0 Å². The van der Waals surface area contributed by atoms with Crippen LogP contribution in [0.25, 0.3) is 0 Å². The summed E-state index contributed by atoms with van der Waals surface area (Å²) in [6, 6.07) is 19.4. The summed E-state index contributed by atoms with van der Waals surface area (Å²) in [5.74, 6) is -0.192. The number of amides is 2. The second kappa shape index (κ2) is 9.06. The van der Waals surface area contributed by atoms with Crippen LogP contribution < -0.4 is 5.32 Å². The first-order valence-electron chi connectivity index (χ1n) is 10.7. The molecule has 2 atom stereocenters. The van der Waals surface area contributed by atoms with Crippen molar-refractivity contribution < 1.29 is 9.59 Å². The molecule has 3 aromatic rings. The summed E-state index contributed by atoms with van der Waals surface area (Å²) in [7, 11) is 0. The van der Waals surface area contributed by atoms with Crippen molar-refractivity contribution in [3.05, 3.63) is 93.2 Å². The minimum Gasteiger partial charge on any atom is -0.351 e. The zero-order chi connectivity index (χ0) is 22.0. The lowest BCUT2D eigenvalue weighted by molar-refractivity contribution is -0.124. The van der Waals surface area contributed by atoms with E-state index in [1.165, 1.54) is 5.56 Å². The van der Waals surface area contributed by atoms with Gasteiger partial charge in [0.25, 0.3) is 5.91 Å². The zero-order valence-electron chi connectivity index (χ0n) is 18.2. The Kier molecular flexibility index (Phi) is 6.23. The molecule has 0 bridgehead atoms. The van der Waals surface area contributed by atoms with Gasteiger partial charge in [0.15, 0.2) is 0 Å². The van der Waals surface area contributed by atoms with Crippen molar-refractivity contribution in [3.63, 3.8) is 0 Å². The van der Waals surface area contributed by atoms with Gasteiger partial charge in [0.2, 0.25) is 5.91 Å². The fourth-order valence-electron chi connectivity index (χ4n) is 4.25. The standard InChI is InChI=1S/C26H28N2O2S/c1-17(2)16-28-24(22-9-6-14-31-22)23(20-7-4-5-8-21(20)26(28)30)25(29)27-15-19-12-10-18(3)11-13-19/h4-14,17,23-24H,15-16H2,1-3H3,(H,27,29). The van der Waals surface area contributed by atoms with Gasteiger partial charge in [-0.1, -0.05) is 67.9 Å². The molecule has 31 heavy (non-hydrogen) atoms. The number of hydrogen-bond donors (Lipinski definition) is 1. The van der Waals surface area contributed by atoms with Gasteiger partial charge in [0.05, 0.1) is 12.0 Å². The molecule has 4 rings (SSSR count). The summed E-state index contributed by atoms with van der Waals surface area (Å²) in [6.07, 6.45) is 0. The molecule has 0 radical (unpaired) electrons. The van der Waals surface area contributed by atoms with Crippen LogP contribution in [0, 0.1) is 12.8 Å². The van der Waals surface area contributed by atoms with Gasteiger partial charge >= 0.3 is 0 Å². The number of aryl methyl sites for hydroxylation is 1. The average Bonchev–Trinajstić information content (AvgIpc) is 3.29. The van der Waals surface area contributed by atoms with Crippen molar-refractivity contribution in [1.29, 1.82) is 0 Å². The number of benzene rings is 2. The summed E-state index contributed by atoms with van der Waals surface area (Å²) < 4.78 is 0. The Morgan fingerprint density at radius 1 is 1.06 bits per heavy atom. The number of carbonyl (C=O) groups excluding carboxylic acids is 2. The van der Waals surface area contributed by atoms with Crippen LogP contribution in [-0.2, 0) is 11.3 Å². The molecule has 2 aromatic carbocycles. The molecule has 2 amide bonds. The molecule has 4 nitrogen and oxygen atoms in total. The summed E-state index contributed by atoms with van der Waals surface area (Å²) in [4.78, 5) is 30.0. The summed E-state index contributed by atoms with van der Waals surface area (Å²) >= 11 is 1.60. The van der Waals surface area contributed by atoms with Crippen molar-refractivity contribution in [3.8, 4) is 0 Å². The normalized spacial score (nSPS) is 18.2. The van der Waals surface area contributed by atoms with Gasteiger partial charge in [0.1, 0.15) is 0 Å². The lowest BCUT2D eigenvalue weighted by Crippen LogP contribution is -2.48. The first-order chi connectivity index (χ1) is 15.0. The monoisotopic (exact) mass is 432 g/mol. The summed E-state index contributed by atoms with van der Waals surface area (Å²) in [5.41, 5.74) is 3.70. The van der Waals surface area contributed by atoms with Crippen LogP contribution in [0.5, 0.6) is 0 Å². The highest BCUT2D eigenvalue weighted by Crippen LogP contribution is 2.44. The number of thiophene rings is 1. The van der Waals surface area contributed by atoms with E-state index in [9.17, 15) is 9.59 Å². The highest BCUT2D eigenvalue weighted by molar-refractivity contribution is 7.10. The topological polar surface area (TPSA) is 49.4 Å². The highest BCUT2D eigenvalue weighted by Gasteiger charge is 2.44. The van der Waals surface area contributed by atoms with Gasteiger partial charge in [-0.25, -0.2) is 0 Å². The largest absolute Gasteiger partial charge is 0.351 e. The van der Waals surface area contributed by atoms with Crippen LogP contribution >= 0.6 is 11.3 Å². The van der Waals surface area contributed by atoms with Gasteiger partial charge in [-0.05, 0) is 41.5 Å². The van der Waals surface area contributed by atoms with Crippen molar-refractivity contribution in [2.75, 3.05) is 6.54 Å². The molecule has 1 aliphatic heterocycles.